The van der Waals surface area contributed by atoms with Gasteiger partial charge in [0, 0.05) is 18.0 Å². The van der Waals surface area contributed by atoms with Crippen LogP contribution in [0.3, 0.4) is 0 Å². The van der Waals surface area contributed by atoms with Gasteiger partial charge in [-0.3, -0.25) is 9.36 Å². The lowest BCUT2D eigenvalue weighted by molar-refractivity contribution is -0.274. The molecule has 0 aliphatic rings. The summed E-state index contributed by atoms with van der Waals surface area (Å²) in [5, 5.41) is 0. The Morgan fingerprint density at radius 2 is 1.70 bits per heavy atom. The summed E-state index contributed by atoms with van der Waals surface area (Å²) < 4.78 is 54.9. The third kappa shape index (κ3) is 4.42. The van der Waals surface area contributed by atoms with Gasteiger partial charge in [-0.05, 0) is 44.4 Å². The molecule has 0 saturated carbocycles. The maximum Gasteiger partial charge on any atom is 0.573 e. The van der Waals surface area contributed by atoms with Crippen molar-refractivity contribution in [2.24, 2.45) is 0 Å². The highest BCUT2D eigenvalue weighted by atomic mass is 32.2. The molecule has 0 N–H and O–H groups in total. The van der Waals surface area contributed by atoms with Crippen LogP contribution in [0.1, 0.15) is 0 Å². The molecule has 1 unspecified atom stereocenters. The number of halogens is 3. The van der Waals surface area contributed by atoms with Gasteiger partial charge in [-0.2, -0.15) is 0 Å². The maximum atomic E-state index is 12.1. The largest absolute Gasteiger partial charge is 0.573 e. The van der Waals surface area contributed by atoms with E-state index in [9.17, 15) is 22.2 Å². The van der Waals surface area contributed by atoms with Crippen molar-refractivity contribution in [2.45, 2.75) is 11.3 Å². The molecule has 1 atom stereocenters. The Bertz CT molecular complexity index is 770. The Morgan fingerprint density at radius 1 is 1.09 bits per heavy atom. The van der Waals surface area contributed by atoms with E-state index in [0.29, 0.717) is 10.6 Å². The average molecular weight is 346 g/mol. The highest BCUT2D eigenvalue weighted by molar-refractivity contribution is 7.82. The fourth-order valence-corrected chi connectivity index (χ4v) is 2.59. The molecule has 1 heterocycles. The lowest BCUT2D eigenvalue weighted by Gasteiger charge is -2.12. The van der Waals surface area contributed by atoms with E-state index in [1.807, 2.05) is 0 Å². The molecule has 2 aromatic rings. The highest BCUT2D eigenvalue weighted by Crippen LogP contribution is 2.23. The number of ether oxygens (including phenoxy) is 1. The molecular weight excluding hydrogens is 333 g/mol. The number of aromatic nitrogens is 1. The van der Waals surface area contributed by atoms with Crippen molar-refractivity contribution in [3.63, 3.8) is 0 Å². The molecule has 0 aliphatic carbocycles. The quantitative estimate of drug-likeness (QED) is 0.854. The predicted octanol–water partition coefficient (Wildman–Crippen LogP) is 2.32. The number of benzene rings is 1. The zero-order valence-electron chi connectivity index (χ0n) is 12.2. The van der Waals surface area contributed by atoms with Crippen LogP contribution in [0.15, 0.2) is 52.3 Å². The van der Waals surface area contributed by atoms with Crippen molar-refractivity contribution in [2.75, 3.05) is 14.1 Å². The minimum absolute atomic E-state index is 0.335. The van der Waals surface area contributed by atoms with Crippen molar-refractivity contribution in [1.82, 2.24) is 8.87 Å². The molecule has 0 radical (unpaired) electrons. The lowest BCUT2D eigenvalue weighted by atomic mass is 10.3. The lowest BCUT2D eigenvalue weighted by Crippen LogP contribution is -2.21. The number of hydrogen-bond donors (Lipinski definition) is 0. The zero-order valence-corrected chi connectivity index (χ0v) is 13.0. The van der Waals surface area contributed by atoms with Crippen LogP contribution >= 0.6 is 0 Å². The molecule has 1 aromatic carbocycles. The van der Waals surface area contributed by atoms with Gasteiger partial charge in [0.25, 0.3) is 5.56 Å². The molecule has 124 valence electrons. The number of pyridine rings is 1. The van der Waals surface area contributed by atoms with Crippen molar-refractivity contribution < 1.29 is 22.1 Å². The molecule has 5 nitrogen and oxygen atoms in total. The van der Waals surface area contributed by atoms with Crippen LogP contribution < -0.4 is 10.3 Å². The monoisotopic (exact) mass is 346 g/mol. The second-order valence-electron chi connectivity index (χ2n) is 4.68. The van der Waals surface area contributed by atoms with Gasteiger partial charge >= 0.3 is 6.36 Å². The van der Waals surface area contributed by atoms with Crippen molar-refractivity contribution in [1.29, 1.82) is 0 Å². The first kappa shape index (κ1) is 17.2. The minimum Gasteiger partial charge on any atom is -0.406 e. The van der Waals surface area contributed by atoms with Gasteiger partial charge < -0.3 is 4.74 Å². The Hall–Kier alpha value is -2.13. The number of hydrogen-bond acceptors (Lipinski definition) is 3. The van der Waals surface area contributed by atoms with Crippen LogP contribution in [0.2, 0.25) is 0 Å². The van der Waals surface area contributed by atoms with Gasteiger partial charge in [0.05, 0.1) is 4.90 Å². The van der Waals surface area contributed by atoms with Crippen molar-refractivity contribution in [3.8, 4) is 11.4 Å². The fourth-order valence-electron chi connectivity index (χ4n) is 1.79. The van der Waals surface area contributed by atoms with Gasteiger partial charge in [-0.25, -0.2) is 8.51 Å². The molecule has 0 spiro atoms. The van der Waals surface area contributed by atoms with Gasteiger partial charge in [-0.15, -0.1) is 13.2 Å². The summed E-state index contributed by atoms with van der Waals surface area (Å²) in [5.74, 6) is -0.387. The fraction of sp³-hybridized carbons (Fsp3) is 0.214. The molecule has 0 bridgehead atoms. The van der Waals surface area contributed by atoms with Crippen LogP contribution in [0.25, 0.3) is 5.69 Å². The van der Waals surface area contributed by atoms with Gasteiger partial charge in [0.2, 0.25) is 0 Å². The molecule has 0 aliphatic heterocycles. The van der Waals surface area contributed by atoms with Gasteiger partial charge in [-0.1, -0.05) is 0 Å². The smallest absolute Gasteiger partial charge is 0.406 e. The summed E-state index contributed by atoms with van der Waals surface area (Å²) in [6, 6.07) is 7.51. The van der Waals surface area contributed by atoms with E-state index >= 15 is 0 Å². The van der Waals surface area contributed by atoms with Crippen LogP contribution in [0.4, 0.5) is 13.2 Å². The molecule has 1 aromatic heterocycles. The molecule has 0 amide bonds. The first-order chi connectivity index (χ1) is 10.7. The van der Waals surface area contributed by atoms with Crippen molar-refractivity contribution in [3.05, 3.63) is 52.9 Å². The Morgan fingerprint density at radius 3 is 2.22 bits per heavy atom. The molecule has 0 fully saturated rings. The van der Waals surface area contributed by atoms with Crippen LogP contribution in [-0.4, -0.2) is 33.5 Å². The normalized spacial score (nSPS) is 13.1. The summed E-state index contributed by atoms with van der Waals surface area (Å²) >= 11 is 0. The summed E-state index contributed by atoms with van der Waals surface area (Å²) in [6.07, 6.45) is -3.39. The average Bonchev–Trinajstić information content (AvgIpc) is 2.46. The molecule has 0 saturated heterocycles. The first-order valence-electron chi connectivity index (χ1n) is 6.35. The standard InChI is InChI=1S/C14H13F3N2O3S/c1-18(2)23(21)12-7-8-13(20)19(9-12)10-3-5-11(6-4-10)22-14(15,16)17/h3-9H,1-2H3. The Balaban J connectivity index is 2.36. The van der Waals surface area contributed by atoms with Crippen LogP contribution in [0.5, 0.6) is 5.75 Å². The van der Waals surface area contributed by atoms with E-state index in [2.05, 4.69) is 4.74 Å². The molecule has 2 rings (SSSR count). The topological polar surface area (TPSA) is 51.5 Å². The predicted molar refractivity (Wildman–Crippen MR) is 78.8 cm³/mol. The Labute approximate surface area is 132 Å². The van der Waals surface area contributed by atoms with Crippen LogP contribution in [-0.2, 0) is 11.0 Å². The SMILES string of the molecule is CN(C)S(=O)c1ccc(=O)n(-c2ccc(OC(F)(F)F)cc2)c1. The number of rotatable bonds is 4. The zero-order chi connectivity index (χ0) is 17.2. The van der Waals surface area contributed by atoms with E-state index in [4.69, 9.17) is 0 Å². The summed E-state index contributed by atoms with van der Waals surface area (Å²) in [7, 11) is 1.79. The van der Waals surface area contributed by atoms with Crippen LogP contribution in [0, 0.1) is 0 Å². The van der Waals surface area contributed by atoms with E-state index < -0.39 is 22.9 Å². The third-order valence-electron chi connectivity index (χ3n) is 2.77. The van der Waals surface area contributed by atoms with Crippen molar-refractivity contribution >= 4 is 11.0 Å². The first-order valence-corrected chi connectivity index (χ1v) is 7.46. The molecule has 9 heteroatoms. The summed E-state index contributed by atoms with van der Waals surface area (Å²) in [5.41, 5.74) is -0.0591. The minimum atomic E-state index is -4.78. The van der Waals surface area contributed by atoms with E-state index in [1.165, 1.54) is 39.3 Å². The Kier molecular flexibility index (Phi) is 4.90. The summed E-state index contributed by atoms with van der Waals surface area (Å²) in [4.78, 5) is 12.3. The number of nitrogens with zero attached hydrogens (tertiary/aromatic N) is 2. The maximum absolute atomic E-state index is 12.1. The highest BCUT2D eigenvalue weighted by Gasteiger charge is 2.30. The number of alkyl halides is 3. The molecule has 23 heavy (non-hydrogen) atoms. The van der Waals surface area contributed by atoms with E-state index in [-0.39, 0.29) is 5.75 Å². The van der Waals surface area contributed by atoms with E-state index in [0.717, 1.165) is 12.1 Å². The van der Waals surface area contributed by atoms with Gasteiger partial charge in [0.1, 0.15) is 16.7 Å². The summed E-state index contributed by atoms with van der Waals surface area (Å²) in [6.45, 7) is 0. The van der Waals surface area contributed by atoms with E-state index in [1.54, 1.807) is 14.1 Å². The second kappa shape index (κ2) is 6.55. The van der Waals surface area contributed by atoms with Gasteiger partial charge in [0.15, 0.2) is 0 Å². The second-order valence-corrected chi connectivity index (χ2v) is 6.38. The third-order valence-corrected chi connectivity index (χ3v) is 4.07. The molecular formula is C14H13F3N2O3S.